The van der Waals surface area contributed by atoms with Crippen molar-refractivity contribution in [1.29, 1.82) is 5.26 Å². The minimum Gasteiger partial charge on any atom is -0.488 e. The molecule has 5 aromatic carbocycles. The molecule has 1 aliphatic carbocycles. The van der Waals surface area contributed by atoms with Gasteiger partial charge in [-0.15, -0.1) is 0 Å². The van der Waals surface area contributed by atoms with Crippen molar-refractivity contribution in [3.8, 4) is 11.8 Å². The van der Waals surface area contributed by atoms with Crippen LogP contribution in [0, 0.1) is 11.3 Å². The fourth-order valence-electron chi connectivity index (χ4n) is 6.07. The van der Waals surface area contributed by atoms with Crippen LogP contribution in [0.3, 0.4) is 0 Å². The Hall–Kier alpha value is -5.36. The Morgan fingerprint density at radius 1 is 0.811 bits per heavy atom. The van der Waals surface area contributed by atoms with Crippen LogP contribution in [-0.4, -0.2) is 30.3 Å². The van der Waals surface area contributed by atoms with Gasteiger partial charge in [0.2, 0.25) is 6.41 Å². The Balaban J connectivity index is 0.000000352. The molecule has 1 fully saturated rings. The smallest absolute Gasteiger partial charge is 0.342 e. The van der Waals surface area contributed by atoms with Crippen molar-refractivity contribution in [1.82, 2.24) is 4.31 Å². The summed E-state index contributed by atoms with van der Waals surface area (Å²) in [6.07, 6.45) is 7.27. The molecule has 0 heterocycles. The number of benzene rings is 5. The summed E-state index contributed by atoms with van der Waals surface area (Å²) in [6.45, 7) is 3.98. The largest absolute Gasteiger partial charge is 0.488 e. The first-order chi connectivity index (χ1) is 25.9. The van der Waals surface area contributed by atoms with Gasteiger partial charge in [0, 0.05) is 23.2 Å². The summed E-state index contributed by atoms with van der Waals surface area (Å²) < 4.78 is 13.8. The first-order valence-corrected chi connectivity index (χ1v) is 18.9. The highest BCUT2D eigenvalue weighted by molar-refractivity contribution is 7.97. The zero-order chi connectivity index (χ0) is 37.3. The molecule has 0 aromatic heterocycles. The predicted octanol–water partition coefficient (Wildman–Crippen LogP) is 10.4. The number of nitriles is 1. The van der Waals surface area contributed by atoms with Gasteiger partial charge in [0.1, 0.15) is 24.5 Å². The van der Waals surface area contributed by atoms with E-state index in [4.69, 9.17) is 14.7 Å². The van der Waals surface area contributed by atoms with Gasteiger partial charge in [0.25, 0.3) is 0 Å². The lowest BCUT2D eigenvalue weighted by atomic mass is 9.84. The maximum absolute atomic E-state index is 13.1. The number of hydrogen-bond acceptors (Lipinski definition) is 7. The highest BCUT2D eigenvalue weighted by atomic mass is 32.2. The van der Waals surface area contributed by atoms with Crippen molar-refractivity contribution in [2.75, 3.05) is 18.5 Å². The summed E-state index contributed by atoms with van der Waals surface area (Å²) in [5, 5.41) is 8.59. The zero-order valence-electron chi connectivity index (χ0n) is 30.5. The van der Waals surface area contributed by atoms with Crippen LogP contribution in [0.2, 0.25) is 0 Å². The molecule has 0 unspecified atom stereocenters. The van der Waals surface area contributed by atoms with E-state index < -0.39 is 5.97 Å². The number of amides is 1. The molecule has 272 valence electrons. The fourth-order valence-corrected chi connectivity index (χ4v) is 6.81. The minimum atomic E-state index is -0.477. The number of nitrogens with zero attached hydrogens (tertiary/aromatic N) is 3. The maximum atomic E-state index is 13.1. The molecule has 0 bridgehead atoms. The highest BCUT2D eigenvalue weighted by Gasteiger charge is 2.19. The van der Waals surface area contributed by atoms with Gasteiger partial charge in [-0.1, -0.05) is 111 Å². The summed E-state index contributed by atoms with van der Waals surface area (Å²) >= 11 is 1.69. The Morgan fingerprint density at radius 2 is 1.45 bits per heavy atom. The van der Waals surface area contributed by atoms with E-state index in [1.807, 2.05) is 92.0 Å². The Bertz CT molecular complexity index is 1910. The van der Waals surface area contributed by atoms with Crippen molar-refractivity contribution >= 4 is 30.0 Å². The molecule has 0 N–H and O–H groups in total. The molecule has 1 aliphatic rings. The number of carbonyl (C=O) groups excluding carboxylic acids is 2. The van der Waals surface area contributed by atoms with Crippen LogP contribution in [0.15, 0.2) is 132 Å². The average Bonchev–Trinajstić information content (AvgIpc) is 3.23. The average molecular weight is 726 g/mol. The quantitative estimate of drug-likeness (QED) is 0.0640. The lowest BCUT2D eigenvalue weighted by Gasteiger charge is -2.23. The summed E-state index contributed by atoms with van der Waals surface area (Å²) in [4.78, 5) is 28.1. The van der Waals surface area contributed by atoms with Crippen LogP contribution >= 0.6 is 11.9 Å². The second-order valence-electron chi connectivity index (χ2n) is 13.0. The van der Waals surface area contributed by atoms with Gasteiger partial charge in [0.05, 0.1) is 18.2 Å². The van der Waals surface area contributed by atoms with Gasteiger partial charge < -0.3 is 14.4 Å². The monoisotopic (exact) mass is 725 g/mol. The van der Waals surface area contributed by atoms with E-state index in [0.717, 1.165) is 29.6 Å². The second-order valence-corrected chi connectivity index (χ2v) is 14.3. The van der Waals surface area contributed by atoms with Gasteiger partial charge in [-0.25, -0.2) is 9.10 Å². The maximum Gasteiger partial charge on any atom is 0.342 e. The van der Waals surface area contributed by atoms with E-state index in [2.05, 4.69) is 41.6 Å². The molecule has 6 rings (SSSR count). The SMILES string of the molecule is CCN(C)Sc1ccc(C#N)cc1.O=CN(Cc1ccc(C2CCCCC2)cc1)c1ccc(C(=O)OCc2ccccc2)c(OCc2ccccc2)c1. The van der Waals surface area contributed by atoms with E-state index in [1.54, 1.807) is 35.0 Å². The molecule has 0 aliphatic heterocycles. The van der Waals surface area contributed by atoms with Crippen LogP contribution < -0.4 is 9.64 Å². The van der Waals surface area contributed by atoms with Gasteiger partial charge in [-0.2, -0.15) is 5.26 Å². The third-order valence-corrected chi connectivity index (χ3v) is 10.2. The molecule has 0 saturated heterocycles. The molecule has 8 heteroatoms. The first kappa shape index (κ1) is 38.9. The van der Waals surface area contributed by atoms with E-state index in [0.29, 0.717) is 35.0 Å². The van der Waals surface area contributed by atoms with Crippen molar-refractivity contribution < 1.29 is 19.1 Å². The molecule has 5 aromatic rings. The normalized spacial score (nSPS) is 12.6. The second kappa shape index (κ2) is 20.6. The van der Waals surface area contributed by atoms with Crippen LogP contribution in [-0.2, 0) is 29.3 Å². The van der Waals surface area contributed by atoms with Crippen molar-refractivity contribution in [2.24, 2.45) is 0 Å². The lowest BCUT2D eigenvalue weighted by molar-refractivity contribution is -0.107. The van der Waals surface area contributed by atoms with Crippen LogP contribution in [0.1, 0.15) is 83.1 Å². The lowest BCUT2D eigenvalue weighted by Crippen LogP contribution is -2.21. The van der Waals surface area contributed by atoms with Gasteiger partial charge in [-0.3, -0.25) is 4.79 Å². The van der Waals surface area contributed by atoms with Gasteiger partial charge >= 0.3 is 5.97 Å². The van der Waals surface area contributed by atoms with Gasteiger partial charge in [0.15, 0.2) is 0 Å². The topological polar surface area (TPSA) is 82.9 Å². The summed E-state index contributed by atoms with van der Waals surface area (Å²) in [5.74, 6) is 0.539. The molecule has 0 radical (unpaired) electrons. The minimum absolute atomic E-state index is 0.164. The van der Waals surface area contributed by atoms with E-state index in [-0.39, 0.29) is 13.2 Å². The van der Waals surface area contributed by atoms with E-state index in [9.17, 15) is 9.59 Å². The summed E-state index contributed by atoms with van der Waals surface area (Å²) in [5.41, 5.74) is 5.99. The van der Waals surface area contributed by atoms with Crippen LogP contribution in [0.4, 0.5) is 5.69 Å². The molecular formula is C45H47N3O4S. The zero-order valence-corrected chi connectivity index (χ0v) is 31.3. The van der Waals surface area contributed by atoms with Crippen molar-refractivity contribution in [3.05, 3.63) is 161 Å². The van der Waals surface area contributed by atoms with Crippen molar-refractivity contribution in [2.45, 2.75) is 69.6 Å². The van der Waals surface area contributed by atoms with E-state index in [1.165, 1.54) is 42.6 Å². The molecule has 1 amide bonds. The molecular weight excluding hydrogens is 679 g/mol. The standard InChI is InChI=1S/C35H35NO4.C10H12N2S/c37-26-36(23-27-16-18-31(19-17-27)30-14-8-3-9-15-30)32-20-21-33(35(38)40-25-29-12-6-2-7-13-29)34(22-32)39-24-28-10-4-1-5-11-28;1-3-12(2)13-10-6-4-9(8-11)5-7-10/h1-2,4-7,10-13,16-22,26,30H,3,8-9,14-15,23-25H2;4-7H,3H2,1-2H3. The summed E-state index contributed by atoms with van der Waals surface area (Å²) in [6, 6.07) is 42.8. The third-order valence-electron chi connectivity index (χ3n) is 9.19. The number of hydrogen-bond donors (Lipinski definition) is 0. The van der Waals surface area contributed by atoms with Crippen LogP contribution in [0.5, 0.6) is 5.75 Å². The molecule has 0 atom stereocenters. The summed E-state index contributed by atoms with van der Waals surface area (Å²) in [7, 11) is 2.04. The first-order valence-electron chi connectivity index (χ1n) is 18.2. The number of rotatable bonds is 14. The Labute approximate surface area is 318 Å². The van der Waals surface area contributed by atoms with Crippen LogP contribution in [0.25, 0.3) is 0 Å². The molecule has 0 spiro atoms. The number of carbonyl (C=O) groups is 2. The number of ether oxygens (including phenoxy) is 2. The molecule has 7 nitrogen and oxygen atoms in total. The number of esters is 1. The Kier molecular flexibility index (Phi) is 15.1. The Morgan fingerprint density at radius 3 is 2.06 bits per heavy atom. The molecule has 53 heavy (non-hydrogen) atoms. The predicted molar refractivity (Wildman–Crippen MR) is 213 cm³/mol. The van der Waals surface area contributed by atoms with Crippen molar-refractivity contribution in [3.63, 3.8) is 0 Å². The number of anilines is 1. The third kappa shape index (κ3) is 12.1. The van der Waals surface area contributed by atoms with E-state index >= 15 is 0 Å². The molecule has 1 saturated carbocycles. The fraction of sp³-hybridized carbons (Fsp3) is 0.267. The van der Waals surface area contributed by atoms with Gasteiger partial charge in [-0.05, 0) is 96.4 Å². The highest BCUT2D eigenvalue weighted by Crippen LogP contribution is 2.33.